The lowest BCUT2D eigenvalue weighted by Gasteiger charge is -2.46. The van der Waals surface area contributed by atoms with Crippen molar-refractivity contribution in [2.75, 3.05) is 27.9 Å². The zero-order chi connectivity index (χ0) is 48.2. The van der Waals surface area contributed by atoms with E-state index in [-0.39, 0.29) is 60.9 Å². The van der Waals surface area contributed by atoms with Gasteiger partial charge in [0.05, 0.1) is 24.4 Å². The molecule has 1 unspecified atom stereocenters. The van der Waals surface area contributed by atoms with Gasteiger partial charge in [-0.15, -0.1) is 0 Å². The Morgan fingerprint density at radius 3 is 2.25 bits per heavy atom. The number of allylic oxidation sites excluding steroid dienone is 6. The number of amides is 1. The van der Waals surface area contributed by atoms with E-state index in [0.29, 0.717) is 63.4 Å². The Hall–Kier alpha value is -3.08. The summed E-state index contributed by atoms with van der Waals surface area (Å²) in [5, 5.41) is 45.7. The molecule has 16 atom stereocenters. The quantitative estimate of drug-likeness (QED) is 0.180. The molecule has 2 bridgehead atoms. The fraction of sp³-hybridized carbons (Fsp3) is 0.765. The summed E-state index contributed by atoms with van der Waals surface area (Å²) in [6.45, 7) is 12.9. The molecule has 0 aromatic rings. The van der Waals surface area contributed by atoms with E-state index in [2.05, 4.69) is 0 Å². The second-order valence-electron chi connectivity index (χ2n) is 19.8. The number of ether oxygens (including phenoxy) is 5. The maximum atomic E-state index is 14.4. The summed E-state index contributed by atoms with van der Waals surface area (Å²) < 4.78 is 29.5. The Morgan fingerprint density at radius 1 is 0.846 bits per heavy atom. The molecule has 4 aliphatic rings. The number of nitrogens with zero attached hydrogens (tertiary/aromatic N) is 1. The minimum Gasteiger partial charge on any atom is -0.460 e. The molecule has 65 heavy (non-hydrogen) atoms. The molecule has 2 saturated heterocycles. The number of rotatable bonds is 6. The Bertz CT molecular complexity index is 1710. The predicted molar refractivity (Wildman–Crippen MR) is 246 cm³/mol. The standard InChI is InChI=1S/C51H81NO13/c1-30-16-12-11-13-17-31(2)42(61-8)28-38-21-19-36(7)51(60,65-38)48(57)49(58)52-23-15-14-18-39(52)50(59)64-43(33(4)26-37-20-22-40(53)44(27-37)62-9)29-41(54)32(3)25-35(6)46(56)47(63-10)45(55)34(5)24-30/h11-13,16-17,25,30,32-34,36-40,42-44,46-48,53,56-57,60H,14-15,18-24,26-29H2,1-10H3/b13-11+,16-12+,31-17+,35-25+/t30-,32-,33-,34-,36-,37+,38+,39?,40-,42+,43+,44-,46-,47+,48-,51-/m1/s1. The zero-order valence-electron chi connectivity index (χ0n) is 40.7. The molecule has 0 spiro atoms. The highest BCUT2D eigenvalue weighted by atomic mass is 16.6. The number of hydrogen-bond acceptors (Lipinski definition) is 13. The number of aliphatic hydroxyl groups excluding tert-OH is 3. The van der Waals surface area contributed by atoms with E-state index in [1.54, 1.807) is 41.1 Å². The highest BCUT2D eigenvalue weighted by Gasteiger charge is 2.53. The van der Waals surface area contributed by atoms with Gasteiger partial charge < -0.3 is 49.0 Å². The first-order valence-corrected chi connectivity index (χ1v) is 24.1. The van der Waals surface area contributed by atoms with Crippen LogP contribution in [0.3, 0.4) is 0 Å². The molecule has 0 radical (unpaired) electrons. The van der Waals surface area contributed by atoms with E-state index >= 15 is 0 Å². The highest BCUT2D eigenvalue weighted by molar-refractivity contribution is 5.89. The van der Waals surface area contributed by atoms with Gasteiger partial charge in [0.25, 0.3) is 5.91 Å². The Morgan fingerprint density at radius 2 is 1.57 bits per heavy atom. The smallest absolute Gasteiger partial charge is 0.329 e. The topological polar surface area (TPSA) is 199 Å². The number of ketones is 2. The SMILES string of the molecule is CO[C@H]1C[C@@H]2CC[C@@H](C)[C@@](O)(O2)[C@H](O)C(=O)N2CCCCC2C(=O)O[C@H]([C@H](C)C[C@@H]2CC[C@@H](O)[C@H](OC)C2)CC(=O)[C@H](C)/C=C(\C)[C@@H](O)[C@@H](OC)C(=O)[C@H](C)C[C@H](C)/C=C/C=C/C=C/1C. The van der Waals surface area contributed by atoms with Crippen LogP contribution in [0.4, 0.5) is 0 Å². The van der Waals surface area contributed by atoms with Crippen LogP contribution in [0.1, 0.15) is 126 Å². The fourth-order valence-corrected chi connectivity index (χ4v) is 10.3. The normalized spacial score (nSPS) is 41.5. The molecule has 3 aliphatic heterocycles. The van der Waals surface area contributed by atoms with Crippen LogP contribution in [0.2, 0.25) is 0 Å². The summed E-state index contributed by atoms with van der Waals surface area (Å²) in [6, 6.07) is -1.08. The van der Waals surface area contributed by atoms with Gasteiger partial charge in [-0.1, -0.05) is 71.1 Å². The van der Waals surface area contributed by atoms with Crippen LogP contribution in [-0.4, -0.2) is 137 Å². The summed E-state index contributed by atoms with van der Waals surface area (Å²) >= 11 is 0. The number of hydrogen-bond donors (Lipinski definition) is 4. The monoisotopic (exact) mass is 916 g/mol. The fourth-order valence-electron chi connectivity index (χ4n) is 10.3. The van der Waals surface area contributed by atoms with E-state index in [0.717, 1.165) is 12.0 Å². The van der Waals surface area contributed by atoms with E-state index in [1.165, 1.54) is 12.0 Å². The van der Waals surface area contributed by atoms with Gasteiger partial charge in [-0.05, 0) is 107 Å². The van der Waals surface area contributed by atoms with Crippen molar-refractivity contribution in [3.05, 3.63) is 47.6 Å². The third kappa shape index (κ3) is 14.5. The lowest BCUT2D eigenvalue weighted by molar-refractivity contribution is -0.317. The van der Waals surface area contributed by atoms with Gasteiger partial charge in [0.2, 0.25) is 5.79 Å². The van der Waals surface area contributed by atoms with Gasteiger partial charge >= 0.3 is 5.97 Å². The molecule has 4 N–H and O–H groups in total. The molecule has 1 amide bonds. The third-order valence-electron chi connectivity index (χ3n) is 14.7. The minimum atomic E-state index is -2.23. The van der Waals surface area contributed by atoms with Crippen LogP contribution in [0.25, 0.3) is 0 Å². The maximum Gasteiger partial charge on any atom is 0.329 e. The van der Waals surface area contributed by atoms with E-state index in [4.69, 9.17) is 23.7 Å². The van der Waals surface area contributed by atoms with Crippen molar-refractivity contribution in [2.24, 2.45) is 35.5 Å². The van der Waals surface area contributed by atoms with Gasteiger partial charge in [0.15, 0.2) is 11.9 Å². The number of Topliss-reactive ketones (excluding diaryl/α,β-unsaturated/α-hetero) is 2. The zero-order valence-corrected chi connectivity index (χ0v) is 40.7. The van der Waals surface area contributed by atoms with Gasteiger partial charge in [0.1, 0.15) is 30.1 Å². The molecule has 0 aromatic heterocycles. The molecule has 3 heterocycles. The van der Waals surface area contributed by atoms with E-state index in [9.17, 15) is 39.6 Å². The Kier molecular flexibility index (Phi) is 21.3. The summed E-state index contributed by atoms with van der Waals surface area (Å²) in [6.07, 6.45) is 9.72. The minimum absolute atomic E-state index is 0.0264. The molecular formula is C51H81NO13. The van der Waals surface area contributed by atoms with E-state index in [1.807, 2.05) is 58.1 Å². The molecule has 4 rings (SSSR count). The van der Waals surface area contributed by atoms with Crippen LogP contribution in [0, 0.1) is 35.5 Å². The summed E-state index contributed by atoms with van der Waals surface area (Å²) in [5.41, 5.74) is 1.30. The number of aliphatic hydroxyl groups is 4. The first kappa shape index (κ1) is 54.5. The van der Waals surface area contributed by atoms with Crippen molar-refractivity contribution in [3.63, 3.8) is 0 Å². The second kappa shape index (κ2) is 25.3. The first-order chi connectivity index (χ1) is 30.7. The molecule has 1 aliphatic carbocycles. The number of fused-ring (bicyclic) bond motifs is 3. The Labute approximate surface area is 387 Å². The van der Waals surface area contributed by atoms with Crippen molar-refractivity contribution in [3.8, 4) is 0 Å². The van der Waals surface area contributed by atoms with Crippen LogP contribution in [0.5, 0.6) is 0 Å². The lowest BCUT2D eigenvalue weighted by atomic mass is 9.78. The number of piperidine rings is 1. The summed E-state index contributed by atoms with van der Waals surface area (Å²) in [7, 11) is 4.55. The average molecular weight is 916 g/mol. The molecule has 368 valence electrons. The van der Waals surface area contributed by atoms with Crippen molar-refractivity contribution in [1.29, 1.82) is 0 Å². The van der Waals surface area contributed by atoms with Crippen molar-refractivity contribution < 1.29 is 63.3 Å². The highest BCUT2D eigenvalue weighted by Crippen LogP contribution is 2.39. The lowest BCUT2D eigenvalue weighted by Crippen LogP contribution is -2.63. The molecule has 3 fully saturated rings. The number of methoxy groups -OCH3 is 3. The summed E-state index contributed by atoms with van der Waals surface area (Å²) in [5.74, 6) is -6.22. The Balaban J connectivity index is 1.70. The van der Waals surface area contributed by atoms with Crippen molar-refractivity contribution in [1.82, 2.24) is 4.90 Å². The average Bonchev–Trinajstić information content (AvgIpc) is 3.28. The molecule has 0 aromatic carbocycles. The van der Waals surface area contributed by atoms with Gasteiger partial charge in [-0.25, -0.2) is 4.79 Å². The van der Waals surface area contributed by atoms with Crippen molar-refractivity contribution >= 4 is 23.4 Å². The second-order valence-corrected chi connectivity index (χ2v) is 19.8. The predicted octanol–water partition coefficient (Wildman–Crippen LogP) is 5.97. The maximum absolute atomic E-state index is 14.4. The van der Waals surface area contributed by atoms with Crippen molar-refractivity contribution in [2.45, 2.75) is 186 Å². The number of carbonyl (C=O) groups excluding carboxylic acids is 4. The van der Waals surface area contributed by atoms with Gasteiger partial charge in [0, 0.05) is 58.5 Å². The van der Waals surface area contributed by atoms with Gasteiger partial charge in [-0.2, -0.15) is 0 Å². The molecule has 14 heteroatoms. The molecule has 1 saturated carbocycles. The third-order valence-corrected chi connectivity index (χ3v) is 14.7. The van der Waals surface area contributed by atoms with Crippen LogP contribution in [-0.2, 0) is 42.9 Å². The van der Waals surface area contributed by atoms with Gasteiger partial charge in [-0.3, -0.25) is 14.4 Å². The number of cyclic esters (lactones) is 1. The molecule has 14 nitrogen and oxygen atoms in total. The molecular weight excluding hydrogens is 835 g/mol. The van der Waals surface area contributed by atoms with Crippen LogP contribution >= 0.6 is 0 Å². The number of carbonyl (C=O) groups is 4. The van der Waals surface area contributed by atoms with Crippen LogP contribution < -0.4 is 0 Å². The first-order valence-electron chi connectivity index (χ1n) is 24.1. The largest absolute Gasteiger partial charge is 0.460 e. The van der Waals surface area contributed by atoms with E-state index < -0.39 is 78.1 Å². The van der Waals surface area contributed by atoms with Crippen LogP contribution in [0.15, 0.2) is 47.6 Å². The summed E-state index contributed by atoms with van der Waals surface area (Å²) in [4.78, 5) is 57.8. The number of esters is 1.